The van der Waals surface area contributed by atoms with Crippen molar-refractivity contribution < 1.29 is 27.5 Å². The Hall–Kier alpha value is -3.53. The lowest BCUT2D eigenvalue weighted by Crippen LogP contribution is -2.40. The van der Waals surface area contributed by atoms with Crippen molar-refractivity contribution >= 4 is 11.7 Å². The second-order valence-electron chi connectivity index (χ2n) is 7.80. The van der Waals surface area contributed by atoms with Gasteiger partial charge < -0.3 is 15.7 Å². The van der Waals surface area contributed by atoms with Crippen molar-refractivity contribution in [1.29, 1.82) is 0 Å². The van der Waals surface area contributed by atoms with Crippen LogP contribution in [0.4, 0.5) is 23.4 Å². The zero-order valence-corrected chi connectivity index (χ0v) is 17.3. The third-order valence-corrected chi connectivity index (χ3v) is 5.56. The standard InChI is InChI=1S/C23H20F4N4O2/c24-19-9-13(1-3-17(19)20-11-30-21(28)12-29-20)16-4-2-14(23(25,26)27)10-18(16)22(33)31-7-5-15(32)6-8-31/h1-4,9-12,15,32H,5-8H2,(H2,28,30). The number of anilines is 1. The van der Waals surface area contributed by atoms with Crippen LogP contribution >= 0.6 is 0 Å². The molecule has 3 N–H and O–H groups in total. The van der Waals surface area contributed by atoms with Gasteiger partial charge in [0.25, 0.3) is 5.91 Å². The maximum atomic E-state index is 14.9. The van der Waals surface area contributed by atoms with Crippen LogP contribution < -0.4 is 5.73 Å². The van der Waals surface area contributed by atoms with Gasteiger partial charge in [-0.25, -0.2) is 9.37 Å². The molecule has 1 aliphatic heterocycles. The lowest BCUT2D eigenvalue weighted by Gasteiger charge is -2.30. The molecule has 0 aliphatic carbocycles. The summed E-state index contributed by atoms with van der Waals surface area (Å²) < 4.78 is 55.0. The summed E-state index contributed by atoms with van der Waals surface area (Å²) in [7, 11) is 0. The molecule has 1 saturated heterocycles. The van der Waals surface area contributed by atoms with Gasteiger partial charge >= 0.3 is 6.18 Å². The minimum atomic E-state index is -4.64. The molecular formula is C23H20F4N4O2. The van der Waals surface area contributed by atoms with E-state index in [0.29, 0.717) is 12.8 Å². The van der Waals surface area contributed by atoms with Crippen molar-refractivity contribution in [3.63, 3.8) is 0 Å². The van der Waals surface area contributed by atoms with Crippen LogP contribution in [0.25, 0.3) is 22.4 Å². The van der Waals surface area contributed by atoms with Gasteiger partial charge in [-0.1, -0.05) is 12.1 Å². The van der Waals surface area contributed by atoms with Gasteiger partial charge in [0.05, 0.1) is 29.8 Å². The van der Waals surface area contributed by atoms with E-state index < -0.39 is 29.6 Å². The van der Waals surface area contributed by atoms with E-state index >= 15 is 0 Å². The Labute approximate surface area is 186 Å². The SMILES string of the molecule is Nc1cnc(-c2ccc(-c3ccc(C(F)(F)F)cc3C(=O)N3CCC(O)CC3)cc2F)cn1. The fourth-order valence-corrected chi connectivity index (χ4v) is 3.76. The Balaban J connectivity index is 1.75. The monoisotopic (exact) mass is 460 g/mol. The fourth-order valence-electron chi connectivity index (χ4n) is 3.76. The zero-order valence-electron chi connectivity index (χ0n) is 17.3. The van der Waals surface area contributed by atoms with Crippen LogP contribution in [-0.2, 0) is 6.18 Å². The summed E-state index contributed by atoms with van der Waals surface area (Å²) >= 11 is 0. The number of hydrogen-bond acceptors (Lipinski definition) is 5. The summed E-state index contributed by atoms with van der Waals surface area (Å²) in [6.45, 7) is 0.442. The topological polar surface area (TPSA) is 92.3 Å². The Morgan fingerprint density at radius 1 is 1.03 bits per heavy atom. The summed E-state index contributed by atoms with van der Waals surface area (Å²) in [6.07, 6.45) is -1.92. The molecule has 0 radical (unpaired) electrons. The largest absolute Gasteiger partial charge is 0.416 e. The molecule has 10 heteroatoms. The number of likely N-dealkylation sites (tertiary alicyclic amines) is 1. The number of carbonyl (C=O) groups is 1. The summed E-state index contributed by atoms with van der Waals surface area (Å²) in [5.74, 6) is -1.10. The maximum absolute atomic E-state index is 14.9. The third kappa shape index (κ3) is 4.80. The zero-order chi connectivity index (χ0) is 23.8. The predicted octanol–water partition coefficient (Wildman–Crippen LogP) is 4.15. The molecule has 0 spiro atoms. The summed E-state index contributed by atoms with van der Waals surface area (Å²) in [6, 6.07) is 6.91. The third-order valence-electron chi connectivity index (χ3n) is 5.56. The van der Waals surface area contributed by atoms with E-state index in [1.54, 1.807) is 0 Å². The van der Waals surface area contributed by atoms with Gasteiger partial charge in [0.2, 0.25) is 0 Å². The van der Waals surface area contributed by atoms with E-state index in [4.69, 9.17) is 5.73 Å². The molecular weight excluding hydrogens is 440 g/mol. The lowest BCUT2D eigenvalue weighted by molar-refractivity contribution is -0.137. The first-order chi connectivity index (χ1) is 15.6. The predicted molar refractivity (Wildman–Crippen MR) is 113 cm³/mol. The number of alkyl halides is 3. The molecule has 0 atom stereocenters. The van der Waals surface area contributed by atoms with Gasteiger partial charge in [-0.05, 0) is 48.2 Å². The molecule has 6 nitrogen and oxygen atoms in total. The number of halogens is 4. The molecule has 2 heterocycles. The van der Waals surface area contributed by atoms with E-state index in [2.05, 4.69) is 9.97 Å². The first kappa shape index (κ1) is 22.7. The van der Waals surface area contributed by atoms with E-state index in [0.717, 1.165) is 18.2 Å². The van der Waals surface area contributed by atoms with Crippen LogP contribution in [0, 0.1) is 5.82 Å². The number of nitrogens with zero attached hydrogens (tertiary/aromatic N) is 3. The second kappa shape index (κ2) is 8.78. The number of amides is 1. The minimum absolute atomic E-state index is 0.135. The van der Waals surface area contributed by atoms with Crippen LogP contribution in [0.5, 0.6) is 0 Å². The van der Waals surface area contributed by atoms with Gasteiger partial charge in [-0.3, -0.25) is 9.78 Å². The number of nitrogens with two attached hydrogens (primary N) is 1. The number of benzene rings is 2. The van der Waals surface area contributed by atoms with Crippen LogP contribution in [0.3, 0.4) is 0 Å². The van der Waals surface area contributed by atoms with E-state index in [1.807, 2.05) is 0 Å². The van der Waals surface area contributed by atoms with Crippen molar-refractivity contribution in [2.75, 3.05) is 18.8 Å². The molecule has 3 aromatic rings. The number of aliphatic hydroxyl groups excluding tert-OH is 1. The van der Waals surface area contributed by atoms with Crippen LogP contribution in [0.2, 0.25) is 0 Å². The minimum Gasteiger partial charge on any atom is -0.393 e. The average molecular weight is 460 g/mol. The van der Waals surface area contributed by atoms with Gasteiger partial charge in [0.15, 0.2) is 0 Å². The second-order valence-corrected chi connectivity index (χ2v) is 7.80. The molecule has 1 amide bonds. The molecule has 172 valence electrons. The first-order valence-electron chi connectivity index (χ1n) is 10.2. The highest BCUT2D eigenvalue weighted by molar-refractivity contribution is 6.01. The van der Waals surface area contributed by atoms with Crippen molar-refractivity contribution in [1.82, 2.24) is 14.9 Å². The molecule has 0 unspecified atom stereocenters. The van der Waals surface area contributed by atoms with E-state index in [-0.39, 0.29) is 46.9 Å². The quantitative estimate of drug-likeness (QED) is 0.573. The molecule has 1 aliphatic rings. The van der Waals surface area contributed by atoms with Crippen molar-refractivity contribution in [2.24, 2.45) is 0 Å². The number of hydrogen-bond donors (Lipinski definition) is 2. The highest BCUT2D eigenvalue weighted by Crippen LogP contribution is 2.35. The molecule has 0 saturated carbocycles. The summed E-state index contributed by atoms with van der Waals surface area (Å²) in [5, 5.41) is 9.68. The van der Waals surface area contributed by atoms with Gasteiger partial charge in [0.1, 0.15) is 11.6 Å². The van der Waals surface area contributed by atoms with Gasteiger partial charge in [-0.2, -0.15) is 13.2 Å². The number of carbonyl (C=O) groups excluding carboxylic acids is 1. The first-order valence-corrected chi connectivity index (χ1v) is 10.2. The number of aromatic nitrogens is 2. The Bertz CT molecular complexity index is 1170. The smallest absolute Gasteiger partial charge is 0.393 e. The fraction of sp³-hybridized carbons (Fsp3) is 0.261. The lowest BCUT2D eigenvalue weighted by atomic mass is 9.94. The van der Waals surface area contributed by atoms with Crippen molar-refractivity contribution in [3.8, 4) is 22.4 Å². The van der Waals surface area contributed by atoms with Crippen LogP contribution in [-0.4, -0.2) is 45.1 Å². The molecule has 1 fully saturated rings. The average Bonchev–Trinajstić information content (AvgIpc) is 2.79. The van der Waals surface area contributed by atoms with Crippen LogP contribution in [0.15, 0.2) is 48.8 Å². The highest BCUT2D eigenvalue weighted by Gasteiger charge is 2.33. The maximum Gasteiger partial charge on any atom is 0.416 e. The normalized spacial score (nSPS) is 15.0. The number of piperidine rings is 1. The molecule has 0 bridgehead atoms. The van der Waals surface area contributed by atoms with E-state index in [1.165, 1.54) is 35.5 Å². The van der Waals surface area contributed by atoms with Crippen LogP contribution in [0.1, 0.15) is 28.8 Å². The van der Waals surface area contributed by atoms with Gasteiger partial charge in [-0.15, -0.1) is 0 Å². The number of rotatable bonds is 3. The van der Waals surface area contributed by atoms with Crippen molar-refractivity contribution in [2.45, 2.75) is 25.1 Å². The molecule has 2 aromatic carbocycles. The van der Waals surface area contributed by atoms with Gasteiger partial charge in [0, 0.05) is 24.2 Å². The Morgan fingerprint density at radius 3 is 2.33 bits per heavy atom. The number of aliphatic hydroxyl groups is 1. The summed E-state index contributed by atoms with van der Waals surface area (Å²) in [4.78, 5) is 22.4. The Kier molecular flexibility index (Phi) is 6.03. The van der Waals surface area contributed by atoms with Crippen molar-refractivity contribution in [3.05, 3.63) is 65.7 Å². The van der Waals surface area contributed by atoms with E-state index in [9.17, 15) is 27.5 Å². The molecule has 1 aromatic heterocycles. The highest BCUT2D eigenvalue weighted by atomic mass is 19.4. The molecule has 4 rings (SSSR count). The Morgan fingerprint density at radius 2 is 1.73 bits per heavy atom. The molecule has 33 heavy (non-hydrogen) atoms. The number of nitrogen functional groups attached to an aromatic ring is 1. The summed E-state index contributed by atoms with van der Waals surface area (Å²) in [5.41, 5.74) is 5.14.